The van der Waals surface area contributed by atoms with E-state index >= 15 is 0 Å². The van der Waals surface area contributed by atoms with Gasteiger partial charge in [0.25, 0.3) is 0 Å². The molecule has 0 aliphatic carbocycles. The standard InChI is InChI=1S/C18H24N4O2S/c1-13-5-4-10-22(11-13)16(23)12-25-18-20-19-17(21(18)2)14-6-8-15(24-3)9-7-14/h6-9,13H,4-5,10-12H2,1-3H3/t13-/m0/s1. The molecule has 0 bridgehead atoms. The summed E-state index contributed by atoms with van der Waals surface area (Å²) >= 11 is 1.45. The number of aromatic nitrogens is 3. The van der Waals surface area contributed by atoms with Crippen molar-refractivity contribution < 1.29 is 9.53 Å². The number of rotatable bonds is 5. The molecule has 134 valence electrons. The molecule has 1 aliphatic heterocycles. The number of nitrogens with zero attached hydrogens (tertiary/aromatic N) is 4. The number of benzene rings is 1. The molecule has 1 atom stereocenters. The Kier molecular flexibility index (Phi) is 5.63. The summed E-state index contributed by atoms with van der Waals surface area (Å²) in [6.07, 6.45) is 2.31. The average Bonchev–Trinajstić information content (AvgIpc) is 3.00. The smallest absolute Gasteiger partial charge is 0.233 e. The van der Waals surface area contributed by atoms with Gasteiger partial charge >= 0.3 is 0 Å². The highest BCUT2D eigenvalue weighted by atomic mass is 32.2. The van der Waals surface area contributed by atoms with E-state index in [0.29, 0.717) is 11.7 Å². The minimum absolute atomic E-state index is 0.186. The molecule has 2 heterocycles. The first kappa shape index (κ1) is 17.8. The predicted molar refractivity (Wildman–Crippen MR) is 98.7 cm³/mol. The Balaban J connectivity index is 1.63. The first-order valence-electron chi connectivity index (χ1n) is 8.53. The van der Waals surface area contributed by atoms with Crippen LogP contribution in [0.1, 0.15) is 19.8 Å². The van der Waals surface area contributed by atoms with Crippen LogP contribution in [0.4, 0.5) is 0 Å². The molecule has 25 heavy (non-hydrogen) atoms. The number of hydrogen-bond acceptors (Lipinski definition) is 5. The maximum atomic E-state index is 12.4. The lowest BCUT2D eigenvalue weighted by Gasteiger charge is -2.30. The van der Waals surface area contributed by atoms with E-state index in [1.54, 1.807) is 7.11 Å². The lowest BCUT2D eigenvalue weighted by molar-refractivity contribution is -0.130. The third kappa shape index (κ3) is 4.15. The van der Waals surface area contributed by atoms with Crippen molar-refractivity contribution in [2.24, 2.45) is 13.0 Å². The van der Waals surface area contributed by atoms with Gasteiger partial charge in [-0.1, -0.05) is 18.7 Å². The van der Waals surface area contributed by atoms with Crippen molar-refractivity contribution in [3.05, 3.63) is 24.3 Å². The van der Waals surface area contributed by atoms with Gasteiger partial charge in [-0.15, -0.1) is 10.2 Å². The minimum atomic E-state index is 0.186. The van der Waals surface area contributed by atoms with Gasteiger partial charge in [0.15, 0.2) is 11.0 Å². The monoisotopic (exact) mass is 360 g/mol. The van der Waals surface area contributed by atoms with E-state index in [1.807, 2.05) is 40.8 Å². The maximum Gasteiger partial charge on any atom is 0.233 e. The van der Waals surface area contributed by atoms with Gasteiger partial charge in [0, 0.05) is 25.7 Å². The zero-order chi connectivity index (χ0) is 17.8. The van der Waals surface area contributed by atoms with E-state index in [1.165, 1.54) is 18.2 Å². The van der Waals surface area contributed by atoms with E-state index in [4.69, 9.17) is 4.74 Å². The Morgan fingerprint density at radius 1 is 1.32 bits per heavy atom. The van der Waals surface area contributed by atoms with Crippen molar-refractivity contribution in [2.75, 3.05) is 26.0 Å². The molecular weight excluding hydrogens is 336 g/mol. The Hall–Kier alpha value is -2.02. The van der Waals surface area contributed by atoms with Gasteiger partial charge in [-0.3, -0.25) is 4.79 Å². The van der Waals surface area contributed by atoms with E-state index < -0.39 is 0 Å². The highest BCUT2D eigenvalue weighted by Gasteiger charge is 2.21. The first-order chi connectivity index (χ1) is 12.1. The van der Waals surface area contributed by atoms with Crippen LogP contribution in [-0.4, -0.2) is 51.5 Å². The van der Waals surface area contributed by atoms with E-state index in [-0.39, 0.29) is 5.91 Å². The quantitative estimate of drug-likeness (QED) is 0.768. The number of carbonyl (C=O) groups is 1. The van der Waals surface area contributed by atoms with Crippen molar-refractivity contribution in [1.82, 2.24) is 19.7 Å². The highest BCUT2D eigenvalue weighted by Crippen LogP contribution is 2.25. The van der Waals surface area contributed by atoms with Crippen molar-refractivity contribution >= 4 is 17.7 Å². The second kappa shape index (κ2) is 7.91. The fourth-order valence-electron chi connectivity index (χ4n) is 3.07. The van der Waals surface area contributed by atoms with Crippen molar-refractivity contribution in [2.45, 2.75) is 24.9 Å². The van der Waals surface area contributed by atoms with Gasteiger partial charge in [-0.2, -0.15) is 0 Å². The molecular formula is C18H24N4O2S. The third-order valence-corrected chi connectivity index (χ3v) is 5.52. The summed E-state index contributed by atoms with van der Waals surface area (Å²) < 4.78 is 7.11. The molecule has 0 spiro atoms. The summed E-state index contributed by atoms with van der Waals surface area (Å²) in [6, 6.07) is 7.71. The van der Waals surface area contributed by atoms with Gasteiger partial charge in [0.1, 0.15) is 5.75 Å². The third-order valence-electron chi connectivity index (χ3n) is 4.52. The number of ether oxygens (including phenoxy) is 1. The van der Waals surface area contributed by atoms with Gasteiger partial charge in [0.2, 0.25) is 5.91 Å². The fraction of sp³-hybridized carbons (Fsp3) is 0.500. The van der Waals surface area contributed by atoms with Crippen LogP contribution in [0.3, 0.4) is 0 Å². The van der Waals surface area contributed by atoms with Gasteiger partial charge in [-0.25, -0.2) is 0 Å². The van der Waals surface area contributed by atoms with Crippen LogP contribution in [0.5, 0.6) is 5.75 Å². The van der Waals surface area contributed by atoms with Crippen LogP contribution in [-0.2, 0) is 11.8 Å². The molecule has 1 fully saturated rings. The van der Waals surface area contributed by atoms with Crippen LogP contribution in [0.15, 0.2) is 29.4 Å². The second-order valence-corrected chi connectivity index (χ2v) is 7.41. The van der Waals surface area contributed by atoms with Crippen molar-refractivity contribution in [3.63, 3.8) is 0 Å². The first-order valence-corrected chi connectivity index (χ1v) is 9.51. The molecule has 0 saturated carbocycles. The van der Waals surface area contributed by atoms with E-state index in [0.717, 1.165) is 41.8 Å². The van der Waals surface area contributed by atoms with Crippen LogP contribution in [0.2, 0.25) is 0 Å². The average molecular weight is 360 g/mol. The number of methoxy groups -OCH3 is 1. The van der Waals surface area contributed by atoms with Crippen molar-refractivity contribution in [1.29, 1.82) is 0 Å². The van der Waals surface area contributed by atoms with Crippen molar-refractivity contribution in [3.8, 4) is 17.1 Å². The van der Waals surface area contributed by atoms with E-state index in [9.17, 15) is 4.79 Å². The summed E-state index contributed by atoms with van der Waals surface area (Å²) in [6.45, 7) is 3.95. The van der Waals surface area contributed by atoms with Crippen LogP contribution in [0, 0.1) is 5.92 Å². The molecule has 1 aromatic heterocycles. The maximum absolute atomic E-state index is 12.4. The highest BCUT2D eigenvalue weighted by molar-refractivity contribution is 7.99. The Morgan fingerprint density at radius 3 is 2.76 bits per heavy atom. The number of thioether (sulfide) groups is 1. The lowest BCUT2D eigenvalue weighted by atomic mass is 10.0. The van der Waals surface area contributed by atoms with Crippen LogP contribution in [0.25, 0.3) is 11.4 Å². The molecule has 7 heteroatoms. The van der Waals surface area contributed by atoms with Crippen LogP contribution >= 0.6 is 11.8 Å². The second-order valence-electron chi connectivity index (χ2n) is 6.47. The molecule has 3 rings (SSSR count). The lowest BCUT2D eigenvalue weighted by Crippen LogP contribution is -2.40. The summed E-state index contributed by atoms with van der Waals surface area (Å²) in [5.41, 5.74) is 0.971. The molecule has 0 N–H and O–H groups in total. The molecule has 1 aromatic carbocycles. The SMILES string of the molecule is COc1ccc(-c2nnc(SCC(=O)N3CCC[C@H](C)C3)n2C)cc1. The normalized spacial score (nSPS) is 17.6. The number of likely N-dealkylation sites (tertiary alicyclic amines) is 1. The largest absolute Gasteiger partial charge is 0.497 e. The molecule has 2 aromatic rings. The summed E-state index contributed by atoms with van der Waals surface area (Å²) in [5.74, 6) is 2.78. The fourth-order valence-corrected chi connectivity index (χ4v) is 3.88. The summed E-state index contributed by atoms with van der Waals surface area (Å²) in [4.78, 5) is 14.4. The molecule has 0 radical (unpaired) electrons. The van der Waals surface area contributed by atoms with Gasteiger partial charge in [-0.05, 0) is 43.0 Å². The molecule has 1 amide bonds. The number of piperidine rings is 1. The molecule has 1 aliphatic rings. The van der Waals surface area contributed by atoms with Gasteiger partial charge in [0.05, 0.1) is 12.9 Å². The Bertz CT molecular complexity index is 729. The Morgan fingerprint density at radius 2 is 2.08 bits per heavy atom. The molecule has 6 nitrogen and oxygen atoms in total. The minimum Gasteiger partial charge on any atom is -0.497 e. The Labute approximate surface area is 152 Å². The molecule has 1 saturated heterocycles. The van der Waals surface area contributed by atoms with Crippen LogP contribution < -0.4 is 4.74 Å². The summed E-state index contributed by atoms with van der Waals surface area (Å²) in [7, 11) is 3.57. The number of amides is 1. The zero-order valence-corrected chi connectivity index (χ0v) is 15.8. The summed E-state index contributed by atoms with van der Waals surface area (Å²) in [5, 5.41) is 9.26. The molecule has 0 unspecified atom stereocenters. The number of hydrogen-bond donors (Lipinski definition) is 0. The predicted octanol–water partition coefficient (Wildman–Crippen LogP) is 2.84. The number of carbonyl (C=O) groups excluding carboxylic acids is 1. The van der Waals surface area contributed by atoms with E-state index in [2.05, 4.69) is 17.1 Å². The topological polar surface area (TPSA) is 60.3 Å². The van der Waals surface area contributed by atoms with Gasteiger partial charge < -0.3 is 14.2 Å². The zero-order valence-electron chi connectivity index (χ0n) is 14.9.